The highest BCUT2D eigenvalue weighted by Gasteiger charge is 2.32. The van der Waals surface area contributed by atoms with Crippen molar-refractivity contribution >= 4 is 27.0 Å². The van der Waals surface area contributed by atoms with Gasteiger partial charge in [-0.1, -0.05) is 18.6 Å². The van der Waals surface area contributed by atoms with Crippen molar-refractivity contribution in [1.29, 1.82) is 0 Å². The van der Waals surface area contributed by atoms with Gasteiger partial charge in [0.25, 0.3) is 0 Å². The van der Waals surface area contributed by atoms with Crippen molar-refractivity contribution in [1.82, 2.24) is 4.90 Å². The minimum Gasteiger partial charge on any atom is -0.393 e. The summed E-state index contributed by atoms with van der Waals surface area (Å²) in [6.07, 6.45) is 5.60. The van der Waals surface area contributed by atoms with Crippen LogP contribution >= 0.6 is 12.2 Å². The molecule has 1 saturated carbocycles. The molecule has 1 rings (SSSR count). The van der Waals surface area contributed by atoms with Gasteiger partial charge in [-0.15, -0.1) is 0 Å². The van der Waals surface area contributed by atoms with Gasteiger partial charge in [0.2, 0.25) is 0 Å². The Morgan fingerprint density at radius 2 is 2.11 bits per heavy atom. The minimum absolute atomic E-state index is 0.185. The van der Waals surface area contributed by atoms with Crippen molar-refractivity contribution in [3.05, 3.63) is 0 Å². The van der Waals surface area contributed by atoms with Crippen LogP contribution in [0.4, 0.5) is 0 Å². The van der Waals surface area contributed by atoms with Gasteiger partial charge in [-0.2, -0.15) is 0 Å². The van der Waals surface area contributed by atoms with Gasteiger partial charge in [0.05, 0.1) is 10.2 Å². The molecule has 1 fully saturated rings. The van der Waals surface area contributed by atoms with Crippen molar-refractivity contribution in [3.8, 4) is 0 Å². The van der Waals surface area contributed by atoms with Crippen molar-refractivity contribution in [2.24, 2.45) is 5.73 Å². The van der Waals surface area contributed by atoms with E-state index in [1.165, 1.54) is 6.26 Å². The fourth-order valence-electron chi connectivity index (χ4n) is 2.67. The quantitative estimate of drug-likeness (QED) is 0.775. The molecule has 0 amide bonds. The zero-order valence-electron chi connectivity index (χ0n) is 11.4. The second kappa shape index (κ2) is 6.30. The fourth-order valence-corrected chi connectivity index (χ4v) is 4.08. The maximum Gasteiger partial charge on any atom is 0.150 e. The molecule has 0 saturated heterocycles. The van der Waals surface area contributed by atoms with Crippen LogP contribution in [0.2, 0.25) is 0 Å². The van der Waals surface area contributed by atoms with E-state index in [1.54, 1.807) is 0 Å². The topological polar surface area (TPSA) is 63.4 Å². The Bertz CT molecular complexity index is 395. The predicted molar refractivity (Wildman–Crippen MR) is 79.5 cm³/mol. The molecule has 3 unspecified atom stereocenters. The molecule has 1 aliphatic carbocycles. The van der Waals surface area contributed by atoms with Gasteiger partial charge in [0.1, 0.15) is 9.84 Å². The molecule has 0 aliphatic heterocycles. The largest absolute Gasteiger partial charge is 0.393 e. The summed E-state index contributed by atoms with van der Waals surface area (Å²) >= 11 is 4.93. The van der Waals surface area contributed by atoms with Crippen LogP contribution in [-0.4, -0.2) is 48.9 Å². The molecule has 106 valence electrons. The van der Waals surface area contributed by atoms with Gasteiger partial charge in [0, 0.05) is 24.8 Å². The summed E-state index contributed by atoms with van der Waals surface area (Å²) in [6.45, 7) is 2.09. The van der Waals surface area contributed by atoms with Crippen LogP contribution in [0.3, 0.4) is 0 Å². The zero-order valence-corrected chi connectivity index (χ0v) is 13.1. The molecule has 0 heterocycles. The third-order valence-corrected chi connectivity index (χ3v) is 5.78. The average Bonchev–Trinajstić information content (AvgIpc) is 2.26. The van der Waals surface area contributed by atoms with E-state index in [0.717, 1.165) is 25.7 Å². The van der Waals surface area contributed by atoms with Crippen molar-refractivity contribution in [3.63, 3.8) is 0 Å². The first kappa shape index (κ1) is 15.9. The van der Waals surface area contributed by atoms with Crippen LogP contribution < -0.4 is 5.73 Å². The predicted octanol–water partition coefficient (Wildman–Crippen LogP) is 1.34. The molecule has 6 heteroatoms. The van der Waals surface area contributed by atoms with Crippen LogP contribution in [0.25, 0.3) is 0 Å². The SMILES string of the molecule is CC(CC(N)=S)N(C)C1CCCC(S(C)(=O)=O)C1. The van der Waals surface area contributed by atoms with Crippen molar-refractivity contribution in [2.45, 2.75) is 56.4 Å². The molecule has 0 aromatic rings. The van der Waals surface area contributed by atoms with E-state index in [1.807, 2.05) is 7.05 Å². The lowest BCUT2D eigenvalue weighted by Crippen LogP contribution is -2.45. The first-order valence-corrected chi connectivity index (χ1v) is 8.77. The van der Waals surface area contributed by atoms with Crippen LogP contribution in [-0.2, 0) is 9.84 Å². The van der Waals surface area contributed by atoms with Gasteiger partial charge in [0.15, 0.2) is 0 Å². The van der Waals surface area contributed by atoms with E-state index < -0.39 is 9.84 Å². The van der Waals surface area contributed by atoms with E-state index in [0.29, 0.717) is 17.5 Å². The Morgan fingerprint density at radius 1 is 1.50 bits per heavy atom. The number of nitrogens with two attached hydrogens (primary N) is 1. The van der Waals surface area contributed by atoms with Crippen LogP contribution in [0.15, 0.2) is 0 Å². The second-order valence-electron chi connectivity index (χ2n) is 5.46. The van der Waals surface area contributed by atoms with E-state index >= 15 is 0 Å². The summed E-state index contributed by atoms with van der Waals surface area (Å²) in [7, 11) is -0.878. The molecule has 1 aliphatic rings. The maximum absolute atomic E-state index is 11.6. The highest BCUT2D eigenvalue weighted by atomic mass is 32.2. The second-order valence-corrected chi connectivity index (χ2v) is 8.31. The Hall–Kier alpha value is -0.200. The van der Waals surface area contributed by atoms with E-state index in [-0.39, 0.29) is 11.3 Å². The molecule has 2 N–H and O–H groups in total. The minimum atomic E-state index is -2.92. The fraction of sp³-hybridized carbons (Fsp3) is 0.917. The lowest BCUT2D eigenvalue weighted by molar-refractivity contribution is 0.150. The molecule has 4 nitrogen and oxygen atoms in total. The van der Waals surface area contributed by atoms with Gasteiger partial charge >= 0.3 is 0 Å². The summed E-state index contributed by atoms with van der Waals surface area (Å²) in [5.41, 5.74) is 5.57. The number of nitrogens with zero attached hydrogens (tertiary/aromatic N) is 1. The Morgan fingerprint density at radius 3 is 2.61 bits per heavy atom. The lowest BCUT2D eigenvalue weighted by Gasteiger charge is -2.38. The van der Waals surface area contributed by atoms with Crippen LogP contribution in [0.1, 0.15) is 39.0 Å². The molecule has 0 radical (unpaired) electrons. The third-order valence-electron chi connectivity index (χ3n) is 3.97. The molecular formula is C12H24N2O2S2. The average molecular weight is 292 g/mol. The van der Waals surface area contributed by atoms with Gasteiger partial charge in [-0.05, 0) is 33.2 Å². The maximum atomic E-state index is 11.6. The first-order chi connectivity index (χ1) is 8.21. The monoisotopic (exact) mass is 292 g/mol. The Labute approximate surface area is 116 Å². The highest BCUT2D eigenvalue weighted by Crippen LogP contribution is 2.28. The van der Waals surface area contributed by atoms with E-state index in [2.05, 4.69) is 11.8 Å². The van der Waals surface area contributed by atoms with Gasteiger partial charge in [-0.3, -0.25) is 0 Å². The summed E-state index contributed by atoms with van der Waals surface area (Å²) in [6, 6.07) is 0.591. The smallest absolute Gasteiger partial charge is 0.150 e. The van der Waals surface area contributed by atoms with E-state index in [4.69, 9.17) is 18.0 Å². The molecule has 3 atom stereocenters. The zero-order chi connectivity index (χ0) is 13.9. The summed E-state index contributed by atoms with van der Waals surface area (Å²) < 4.78 is 23.3. The van der Waals surface area contributed by atoms with Gasteiger partial charge in [-0.25, -0.2) is 8.42 Å². The Kier molecular flexibility index (Phi) is 5.55. The standard InChI is InChI=1S/C12H24N2O2S2/c1-9(7-12(13)17)14(2)10-5-4-6-11(8-10)18(3,15)16/h9-11H,4-8H2,1-3H3,(H2,13,17). The number of hydrogen-bond donors (Lipinski definition) is 1. The molecule has 0 bridgehead atoms. The molecule has 18 heavy (non-hydrogen) atoms. The summed E-state index contributed by atoms with van der Waals surface area (Å²) in [4.78, 5) is 2.75. The normalized spacial score (nSPS) is 27.1. The Balaban J connectivity index is 2.63. The van der Waals surface area contributed by atoms with Crippen LogP contribution in [0.5, 0.6) is 0 Å². The number of hydrogen-bond acceptors (Lipinski definition) is 4. The molecule has 0 aromatic carbocycles. The van der Waals surface area contributed by atoms with Crippen molar-refractivity contribution < 1.29 is 8.42 Å². The first-order valence-electron chi connectivity index (χ1n) is 6.41. The summed E-state index contributed by atoms with van der Waals surface area (Å²) in [5, 5.41) is -0.185. The highest BCUT2D eigenvalue weighted by molar-refractivity contribution is 7.91. The van der Waals surface area contributed by atoms with Crippen LogP contribution in [0, 0.1) is 0 Å². The number of sulfone groups is 1. The number of thiocarbonyl (C=S) groups is 1. The van der Waals surface area contributed by atoms with E-state index in [9.17, 15) is 8.42 Å². The molecule has 0 spiro atoms. The molecule has 0 aromatic heterocycles. The number of rotatable bonds is 5. The lowest BCUT2D eigenvalue weighted by atomic mass is 9.93. The van der Waals surface area contributed by atoms with Gasteiger partial charge < -0.3 is 10.6 Å². The van der Waals surface area contributed by atoms with Crippen molar-refractivity contribution in [2.75, 3.05) is 13.3 Å². The third kappa shape index (κ3) is 4.48. The summed E-state index contributed by atoms with van der Waals surface area (Å²) in [5.74, 6) is 0. The molecular weight excluding hydrogens is 268 g/mol.